The second kappa shape index (κ2) is 5.84. The van der Waals surface area contributed by atoms with E-state index in [1.807, 2.05) is 0 Å². The second-order valence-corrected chi connectivity index (χ2v) is 7.59. The molecule has 0 aliphatic carbocycles. The van der Waals surface area contributed by atoms with Gasteiger partial charge >= 0.3 is 0 Å². The number of rotatable bonds is 4. The van der Waals surface area contributed by atoms with Gasteiger partial charge in [0.05, 0.1) is 6.54 Å². The molecule has 2 nitrogen and oxygen atoms in total. The molecular weight excluding hydrogens is 258 g/mol. The molecule has 2 heteroatoms. The van der Waals surface area contributed by atoms with Crippen LogP contribution in [0.25, 0.3) is 11.0 Å². The highest BCUT2D eigenvalue weighted by molar-refractivity contribution is 5.84. The zero-order valence-electron chi connectivity index (χ0n) is 14.5. The predicted octanol–water partition coefficient (Wildman–Crippen LogP) is 5.35. The molecule has 1 aromatic heterocycles. The van der Waals surface area contributed by atoms with Crippen LogP contribution in [0.4, 0.5) is 0 Å². The topological polar surface area (TPSA) is 25.2 Å². The number of fused-ring (bicyclic) bond motifs is 1. The Labute approximate surface area is 128 Å². The maximum Gasteiger partial charge on any atom is 0.134 e. The highest BCUT2D eigenvalue weighted by Gasteiger charge is 2.20. The first-order valence-corrected chi connectivity index (χ1v) is 7.99. The van der Waals surface area contributed by atoms with E-state index in [-0.39, 0.29) is 5.41 Å². The van der Waals surface area contributed by atoms with Gasteiger partial charge in [-0.05, 0) is 29.0 Å². The third-order valence-corrected chi connectivity index (χ3v) is 3.92. The van der Waals surface area contributed by atoms with Crippen molar-refractivity contribution in [2.24, 2.45) is 0 Å². The molecular formula is C19H29NO. The number of nitrogens with one attached hydrogen (secondary N) is 1. The smallest absolute Gasteiger partial charge is 0.134 e. The van der Waals surface area contributed by atoms with Crippen molar-refractivity contribution in [2.75, 3.05) is 0 Å². The second-order valence-electron chi connectivity index (χ2n) is 7.59. The summed E-state index contributed by atoms with van der Waals surface area (Å²) in [4.78, 5) is 0. The zero-order valence-corrected chi connectivity index (χ0v) is 14.5. The Morgan fingerprint density at radius 1 is 1.10 bits per heavy atom. The molecule has 0 bridgehead atoms. The number of hydrogen-bond acceptors (Lipinski definition) is 2. The van der Waals surface area contributed by atoms with Crippen molar-refractivity contribution in [1.29, 1.82) is 0 Å². The number of hydrogen-bond donors (Lipinski definition) is 1. The molecule has 116 valence electrons. The first-order valence-electron chi connectivity index (χ1n) is 7.99. The van der Waals surface area contributed by atoms with Gasteiger partial charge in [-0.25, -0.2) is 0 Å². The normalized spacial score (nSPS) is 12.8. The van der Waals surface area contributed by atoms with Crippen molar-refractivity contribution in [3.8, 4) is 0 Å². The van der Waals surface area contributed by atoms with Gasteiger partial charge in [-0.3, -0.25) is 0 Å². The molecule has 0 saturated heterocycles. The molecule has 0 saturated carbocycles. The van der Waals surface area contributed by atoms with Gasteiger partial charge in [0.2, 0.25) is 0 Å². The molecule has 0 fully saturated rings. The molecule has 2 rings (SSSR count). The summed E-state index contributed by atoms with van der Waals surface area (Å²) in [6.45, 7) is 16.4. The fraction of sp³-hybridized carbons (Fsp3) is 0.579. The van der Waals surface area contributed by atoms with E-state index in [0.29, 0.717) is 12.0 Å². The summed E-state index contributed by atoms with van der Waals surface area (Å²) < 4.78 is 6.12. The highest BCUT2D eigenvalue weighted by atomic mass is 16.3. The van der Waals surface area contributed by atoms with Crippen LogP contribution in [-0.4, -0.2) is 6.04 Å². The Morgan fingerprint density at radius 2 is 1.76 bits per heavy atom. The molecule has 0 aliphatic rings. The summed E-state index contributed by atoms with van der Waals surface area (Å²) in [6.07, 6.45) is 0. The van der Waals surface area contributed by atoms with Gasteiger partial charge in [-0.2, -0.15) is 0 Å². The van der Waals surface area contributed by atoms with Gasteiger partial charge in [0.15, 0.2) is 0 Å². The van der Waals surface area contributed by atoms with Crippen molar-refractivity contribution >= 4 is 11.0 Å². The van der Waals surface area contributed by atoms with Crippen LogP contribution in [0.2, 0.25) is 0 Å². The fourth-order valence-electron chi connectivity index (χ4n) is 2.69. The minimum atomic E-state index is 0.163. The number of benzene rings is 1. The van der Waals surface area contributed by atoms with Crippen LogP contribution in [0.1, 0.15) is 71.3 Å². The standard InChI is InChI=1S/C19H29NO/c1-12(2)18-15-10-14(19(5,6)7)8-9-16(15)21-17(18)11-20-13(3)4/h8-10,12-13,20H,11H2,1-7H3. The average Bonchev–Trinajstić information content (AvgIpc) is 2.72. The third kappa shape index (κ3) is 3.49. The zero-order chi connectivity index (χ0) is 15.8. The first kappa shape index (κ1) is 16.1. The summed E-state index contributed by atoms with van der Waals surface area (Å²) in [5.74, 6) is 1.55. The summed E-state index contributed by atoms with van der Waals surface area (Å²) in [6, 6.07) is 7.09. The van der Waals surface area contributed by atoms with Crippen molar-refractivity contribution < 1.29 is 4.42 Å². The van der Waals surface area contributed by atoms with Gasteiger partial charge in [0, 0.05) is 17.0 Å². The summed E-state index contributed by atoms with van der Waals surface area (Å²) in [5, 5.41) is 4.75. The SMILES string of the molecule is CC(C)NCc1oc2ccc(C(C)(C)C)cc2c1C(C)C. The summed E-state index contributed by atoms with van der Waals surface area (Å²) in [5.41, 5.74) is 3.88. The van der Waals surface area contributed by atoms with Crippen LogP contribution in [-0.2, 0) is 12.0 Å². The van der Waals surface area contributed by atoms with Crippen LogP contribution >= 0.6 is 0 Å². The Balaban J connectivity index is 2.53. The largest absolute Gasteiger partial charge is 0.459 e. The van der Waals surface area contributed by atoms with Gasteiger partial charge in [0.25, 0.3) is 0 Å². The maximum atomic E-state index is 6.12. The van der Waals surface area contributed by atoms with E-state index < -0.39 is 0 Å². The average molecular weight is 287 g/mol. The Kier molecular flexibility index (Phi) is 4.48. The molecule has 0 aliphatic heterocycles. The van der Waals surface area contributed by atoms with Gasteiger partial charge in [-0.15, -0.1) is 0 Å². The Morgan fingerprint density at radius 3 is 2.29 bits per heavy atom. The predicted molar refractivity (Wildman–Crippen MR) is 91.0 cm³/mol. The lowest BCUT2D eigenvalue weighted by Crippen LogP contribution is -2.22. The lowest BCUT2D eigenvalue weighted by atomic mass is 9.85. The van der Waals surface area contributed by atoms with Crippen LogP contribution in [0.15, 0.2) is 22.6 Å². The van der Waals surface area contributed by atoms with E-state index in [1.54, 1.807) is 0 Å². The molecule has 0 atom stereocenters. The molecule has 21 heavy (non-hydrogen) atoms. The molecule has 1 heterocycles. The van der Waals surface area contributed by atoms with E-state index in [9.17, 15) is 0 Å². The quantitative estimate of drug-likeness (QED) is 0.819. The third-order valence-electron chi connectivity index (χ3n) is 3.92. The Bertz CT molecular complexity index is 614. The monoisotopic (exact) mass is 287 g/mol. The molecule has 1 aromatic carbocycles. The van der Waals surface area contributed by atoms with Crippen LogP contribution in [0.5, 0.6) is 0 Å². The van der Waals surface area contributed by atoms with E-state index >= 15 is 0 Å². The van der Waals surface area contributed by atoms with E-state index in [4.69, 9.17) is 4.42 Å². The van der Waals surface area contributed by atoms with E-state index in [2.05, 4.69) is 72.0 Å². The first-order chi connectivity index (χ1) is 9.70. The Hall–Kier alpha value is -1.28. The van der Waals surface area contributed by atoms with Crippen molar-refractivity contribution in [3.63, 3.8) is 0 Å². The van der Waals surface area contributed by atoms with Gasteiger partial charge < -0.3 is 9.73 Å². The van der Waals surface area contributed by atoms with Crippen LogP contribution in [0, 0.1) is 0 Å². The molecule has 0 spiro atoms. The molecule has 0 radical (unpaired) electrons. The van der Waals surface area contributed by atoms with Crippen LogP contribution in [0.3, 0.4) is 0 Å². The highest BCUT2D eigenvalue weighted by Crippen LogP contribution is 2.35. The lowest BCUT2D eigenvalue weighted by Gasteiger charge is -2.19. The molecule has 0 unspecified atom stereocenters. The van der Waals surface area contributed by atoms with E-state index in [1.165, 1.54) is 16.5 Å². The summed E-state index contributed by atoms with van der Waals surface area (Å²) >= 11 is 0. The molecule has 2 aromatic rings. The lowest BCUT2D eigenvalue weighted by molar-refractivity contribution is 0.480. The fourth-order valence-corrected chi connectivity index (χ4v) is 2.69. The van der Waals surface area contributed by atoms with Crippen molar-refractivity contribution in [1.82, 2.24) is 5.32 Å². The van der Waals surface area contributed by atoms with Gasteiger partial charge in [0.1, 0.15) is 11.3 Å². The van der Waals surface area contributed by atoms with Crippen molar-refractivity contribution in [3.05, 3.63) is 35.1 Å². The minimum absolute atomic E-state index is 0.163. The van der Waals surface area contributed by atoms with Crippen molar-refractivity contribution in [2.45, 2.75) is 72.4 Å². The van der Waals surface area contributed by atoms with E-state index in [0.717, 1.165) is 17.9 Å². The van der Waals surface area contributed by atoms with Gasteiger partial charge in [-0.1, -0.05) is 54.5 Å². The number of furan rings is 1. The molecule has 1 N–H and O–H groups in total. The molecule has 0 amide bonds. The maximum absolute atomic E-state index is 6.12. The van der Waals surface area contributed by atoms with Crippen LogP contribution < -0.4 is 5.32 Å². The minimum Gasteiger partial charge on any atom is -0.459 e. The summed E-state index contributed by atoms with van der Waals surface area (Å²) in [7, 11) is 0.